The quantitative estimate of drug-likeness (QED) is 0.727. The molecule has 3 nitrogen and oxygen atoms in total. The van der Waals surface area contributed by atoms with E-state index in [1.54, 1.807) is 0 Å². The molecule has 0 aromatic rings. The van der Waals surface area contributed by atoms with E-state index in [9.17, 15) is 0 Å². The largest absolute Gasteiger partial charge is 0.370 e. The summed E-state index contributed by atoms with van der Waals surface area (Å²) in [5.74, 6) is 0.723. The molecule has 2 N–H and O–H groups in total. The molecule has 0 aromatic heterocycles. The van der Waals surface area contributed by atoms with E-state index in [-0.39, 0.29) is 5.54 Å². The fourth-order valence-electron chi connectivity index (χ4n) is 3.05. The number of aliphatic imine (C=N–C) groups is 1. The lowest BCUT2D eigenvalue weighted by molar-refractivity contribution is 0.168. The lowest BCUT2D eigenvalue weighted by Gasteiger charge is -2.40. The Labute approximate surface area is 98.4 Å². The van der Waals surface area contributed by atoms with Gasteiger partial charge in [0.1, 0.15) is 0 Å². The third-order valence-corrected chi connectivity index (χ3v) is 3.98. The van der Waals surface area contributed by atoms with Gasteiger partial charge in [-0.15, -0.1) is 6.58 Å². The Balaban J connectivity index is 2.11. The Kier molecular flexibility index (Phi) is 3.52. The van der Waals surface area contributed by atoms with Crippen molar-refractivity contribution in [3.8, 4) is 0 Å². The third kappa shape index (κ3) is 2.08. The molecule has 1 heterocycles. The van der Waals surface area contributed by atoms with E-state index in [0.717, 1.165) is 19.0 Å². The molecule has 16 heavy (non-hydrogen) atoms. The van der Waals surface area contributed by atoms with Crippen molar-refractivity contribution in [1.82, 2.24) is 4.90 Å². The molecular formula is C13H23N3. The average Bonchev–Trinajstić information content (AvgIpc) is 2.54. The van der Waals surface area contributed by atoms with E-state index in [2.05, 4.69) is 16.5 Å². The van der Waals surface area contributed by atoms with Gasteiger partial charge in [-0.05, 0) is 12.8 Å². The molecule has 2 aliphatic rings. The summed E-state index contributed by atoms with van der Waals surface area (Å²) in [4.78, 5) is 6.74. The predicted octanol–water partition coefficient (Wildman–Crippen LogP) is 2.29. The molecule has 0 unspecified atom stereocenters. The highest BCUT2D eigenvalue weighted by atomic mass is 15.4. The van der Waals surface area contributed by atoms with Crippen LogP contribution in [0.15, 0.2) is 17.6 Å². The van der Waals surface area contributed by atoms with Crippen LogP contribution >= 0.6 is 0 Å². The summed E-state index contributed by atoms with van der Waals surface area (Å²) in [6, 6.07) is 0. The van der Waals surface area contributed by atoms with Crippen LogP contribution in [0.5, 0.6) is 0 Å². The Morgan fingerprint density at radius 2 is 1.88 bits per heavy atom. The van der Waals surface area contributed by atoms with Crippen molar-refractivity contribution in [1.29, 1.82) is 0 Å². The number of rotatable bonds is 2. The molecule has 1 aliphatic carbocycles. The zero-order valence-corrected chi connectivity index (χ0v) is 10.1. The molecule has 0 atom stereocenters. The monoisotopic (exact) mass is 221 g/mol. The maximum Gasteiger partial charge on any atom is 0.192 e. The molecule has 0 aromatic carbocycles. The minimum atomic E-state index is 0.221. The van der Waals surface area contributed by atoms with Gasteiger partial charge in [-0.2, -0.15) is 0 Å². The molecule has 90 valence electrons. The lowest BCUT2D eigenvalue weighted by atomic mass is 9.83. The molecule has 1 saturated carbocycles. The van der Waals surface area contributed by atoms with Crippen molar-refractivity contribution in [3.05, 3.63) is 12.7 Å². The second-order valence-electron chi connectivity index (χ2n) is 5.07. The van der Waals surface area contributed by atoms with Crippen molar-refractivity contribution in [2.45, 2.75) is 50.5 Å². The summed E-state index contributed by atoms with van der Waals surface area (Å²) in [5, 5.41) is 0. The fraction of sp³-hybridized carbons (Fsp3) is 0.769. The van der Waals surface area contributed by atoms with E-state index in [1.807, 2.05) is 6.08 Å². The summed E-state index contributed by atoms with van der Waals surface area (Å²) in [6.07, 6.45) is 11.2. The van der Waals surface area contributed by atoms with Crippen LogP contribution < -0.4 is 5.73 Å². The second-order valence-corrected chi connectivity index (χ2v) is 5.07. The van der Waals surface area contributed by atoms with Gasteiger partial charge in [0.05, 0.1) is 12.1 Å². The van der Waals surface area contributed by atoms with Crippen LogP contribution in [0, 0.1) is 0 Å². The van der Waals surface area contributed by atoms with E-state index >= 15 is 0 Å². The van der Waals surface area contributed by atoms with E-state index in [4.69, 9.17) is 5.73 Å². The summed E-state index contributed by atoms with van der Waals surface area (Å²) in [6.45, 7) is 5.56. The molecule has 0 radical (unpaired) electrons. The Morgan fingerprint density at radius 1 is 1.25 bits per heavy atom. The maximum absolute atomic E-state index is 5.99. The first-order chi connectivity index (χ1) is 7.78. The van der Waals surface area contributed by atoms with Crippen LogP contribution in [0.3, 0.4) is 0 Å². The SMILES string of the molecule is C=CCN1C(N)=NCC12CCCCCCC2. The molecule has 1 spiro atoms. The number of nitrogens with zero attached hydrogens (tertiary/aromatic N) is 2. The third-order valence-electron chi connectivity index (χ3n) is 3.98. The van der Waals surface area contributed by atoms with Crippen molar-refractivity contribution in [3.63, 3.8) is 0 Å². The summed E-state index contributed by atoms with van der Waals surface area (Å²) < 4.78 is 0. The Morgan fingerprint density at radius 3 is 2.50 bits per heavy atom. The van der Waals surface area contributed by atoms with Gasteiger partial charge in [0.15, 0.2) is 5.96 Å². The molecule has 0 bridgehead atoms. The van der Waals surface area contributed by atoms with Crippen LogP contribution in [0.2, 0.25) is 0 Å². The highest BCUT2D eigenvalue weighted by molar-refractivity contribution is 5.81. The minimum absolute atomic E-state index is 0.221. The Hall–Kier alpha value is -0.990. The maximum atomic E-state index is 5.99. The van der Waals surface area contributed by atoms with Crippen LogP contribution in [-0.2, 0) is 0 Å². The molecule has 2 rings (SSSR count). The van der Waals surface area contributed by atoms with Crippen molar-refractivity contribution >= 4 is 5.96 Å². The summed E-state index contributed by atoms with van der Waals surface area (Å²) in [7, 11) is 0. The summed E-state index contributed by atoms with van der Waals surface area (Å²) >= 11 is 0. The van der Waals surface area contributed by atoms with E-state index in [1.165, 1.54) is 44.9 Å². The Bertz CT molecular complexity index is 275. The number of nitrogens with two attached hydrogens (primary N) is 1. The number of hydrogen-bond donors (Lipinski definition) is 1. The summed E-state index contributed by atoms with van der Waals surface area (Å²) in [5.41, 5.74) is 6.21. The predicted molar refractivity (Wildman–Crippen MR) is 68.4 cm³/mol. The van der Waals surface area contributed by atoms with Gasteiger partial charge in [-0.25, -0.2) is 0 Å². The van der Waals surface area contributed by atoms with E-state index < -0.39 is 0 Å². The van der Waals surface area contributed by atoms with Crippen molar-refractivity contribution < 1.29 is 0 Å². The normalized spacial score (nSPS) is 25.0. The van der Waals surface area contributed by atoms with Crippen LogP contribution in [-0.4, -0.2) is 29.5 Å². The van der Waals surface area contributed by atoms with Crippen molar-refractivity contribution in [2.75, 3.05) is 13.1 Å². The molecule has 0 saturated heterocycles. The first-order valence-electron chi connectivity index (χ1n) is 6.47. The van der Waals surface area contributed by atoms with Gasteiger partial charge < -0.3 is 10.6 Å². The van der Waals surface area contributed by atoms with Gasteiger partial charge >= 0.3 is 0 Å². The highest BCUT2D eigenvalue weighted by Crippen LogP contribution is 2.34. The molecule has 1 fully saturated rings. The second kappa shape index (κ2) is 4.89. The minimum Gasteiger partial charge on any atom is -0.370 e. The lowest BCUT2D eigenvalue weighted by Crippen LogP contribution is -2.51. The fourth-order valence-corrected chi connectivity index (χ4v) is 3.05. The van der Waals surface area contributed by atoms with Gasteiger partial charge in [0, 0.05) is 6.54 Å². The van der Waals surface area contributed by atoms with Crippen LogP contribution in [0.1, 0.15) is 44.9 Å². The molecule has 3 heteroatoms. The smallest absolute Gasteiger partial charge is 0.192 e. The zero-order chi connectivity index (χ0) is 11.4. The average molecular weight is 221 g/mol. The van der Waals surface area contributed by atoms with Crippen molar-refractivity contribution in [2.24, 2.45) is 10.7 Å². The van der Waals surface area contributed by atoms with Gasteiger partial charge in [-0.3, -0.25) is 4.99 Å². The van der Waals surface area contributed by atoms with Crippen LogP contribution in [0.25, 0.3) is 0 Å². The first-order valence-corrected chi connectivity index (χ1v) is 6.47. The number of guanidine groups is 1. The molecule has 0 amide bonds. The van der Waals surface area contributed by atoms with E-state index in [0.29, 0.717) is 0 Å². The van der Waals surface area contributed by atoms with Gasteiger partial charge in [0.25, 0.3) is 0 Å². The van der Waals surface area contributed by atoms with Crippen LogP contribution in [0.4, 0.5) is 0 Å². The standard InChI is InChI=1S/C13H23N3/c1-2-10-16-12(14)15-11-13(16)8-6-4-3-5-7-9-13/h2H,1,3-11H2,(H2,14,15). The number of hydrogen-bond acceptors (Lipinski definition) is 3. The first kappa shape index (κ1) is 11.5. The highest BCUT2D eigenvalue weighted by Gasteiger charge is 2.40. The molecular weight excluding hydrogens is 198 g/mol. The topological polar surface area (TPSA) is 41.6 Å². The van der Waals surface area contributed by atoms with Gasteiger partial charge in [-0.1, -0.05) is 38.2 Å². The molecule has 1 aliphatic heterocycles. The zero-order valence-electron chi connectivity index (χ0n) is 10.1. The van der Waals surface area contributed by atoms with Gasteiger partial charge in [0.2, 0.25) is 0 Å².